The van der Waals surface area contributed by atoms with Crippen LogP contribution < -0.4 is 14.8 Å². The number of methoxy groups -OCH3 is 1. The fraction of sp³-hybridized carbons (Fsp3) is 0.588. The molecule has 50 heavy (non-hydrogen) atoms. The van der Waals surface area contributed by atoms with Crippen LogP contribution >= 0.6 is 11.6 Å². The molecule has 270 valence electrons. The van der Waals surface area contributed by atoms with Gasteiger partial charge in [0.25, 0.3) is 5.88 Å². The van der Waals surface area contributed by atoms with Crippen molar-refractivity contribution >= 4 is 23.2 Å². The molecule has 1 aromatic carbocycles. The summed E-state index contributed by atoms with van der Waals surface area (Å²) in [6.45, 7) is 10.5. The SMILES string of the molecule is COCCOCCOc1nn(C2CCC(N3C[C@@H](C)O[C@@H](C)C3)CC2)cc1Nc1nccc(-c2ccc(Cl)c(O[C@@H](C)Cn3cnnn3)c2)n1. The van der Waals surface area contributed by atoms with Gasteiger partial charge in [0.05, 0.1) is 61.5 Å². The highest BCUT2D eigenvalue weighted by molar-refractivity contribution is 6.32. The number of aromatic nitrogens is 8. The van der Waals surface area contributed by atoms with Crippen LogP contribution in [0.5, 0.6) is 11.6 Å². The van der Waals surface area contributed by atoms with Crippen molar-refractivity contribution in [1.29, 1.82) is 0 Å². The molecule has 3 atom stereocenters. The first-order valence-corrected chi connectivity index (χ1v) is 17.7. The minimum absolute atomic E-state index is 0.226. The number of anilines is 2. The zero-order valence-electron chi connectivity index (χ0n) is 29.2. The zero-order valence-corrected chi connectivity index (χ0v) is 29.9. The largest absolute Gasteiger partial charge is 0.487 e. The number of ether oxygens (including phenoxy) is 5. The molecule has 1 aliphatic heterocycles. The van der Waals surface area contributed by atoms with E-state index >= 15 is 0 Å². The summed E-state index contributed by atoms with van der Waals surface area (Å²) < 4.78 is 32.6. The average Bonchev–Trinajstić information content (AvgIpc) is 3.77. The van der Waals surface area contributed by atoms with Crippen molar-refractivity contribution in [2.24, 2.45) is 0 Å². The van der Waals surface area contributed by atoms with E-state index in [1.54, 1.807) is 30.4 Å². The first-order valence-electron chi connectivity index (χ1n) is 17.3. The van der Waals surface area contributed by atoms with E-state index in [0.29, 0.717) is 73.0 Å². The molecule has 2 aliphatic rings. The summed E-state index contributed by atoms with van der Waals surface area (Å²) in [5, 5.41) is 20.0. The maximum atomic E-state index is 6.51. The van der Waals surface area contributed by atoms with Gasteiger partial charge in [-0.1, -0.05) is 17.7 Å². The molecule has 16 heteroatoms. The Bertz CT molecular complexity index is 1620. The van der Waals surface area contributed by atoms with Crippen LogP contribution in [0.25, 0.3) is 11.3 Å². The molecule has 2 fully saturated rings. The van der Waals surface area contributed by atoms with Gasteiger partial charge in [0, 0.05) is 38.0 Å². The Hall–Kier alpha value is -3.89. The van der Waals surface area contributed by atoms with Crippen molar-refractivity contribution in [1.82, 2.24) is 44.9 Å². The van der Waals surface area contributed by atoms with Crippen LogP contribution in [-0.2, 0) is 20.8 Å². The van der Waals surface area contributed by atoms with Crippen molar-refractivity contribution in [2.45, 2.75) is 83.4 Å². The first kappa shape index (κ1) is 35.9. The number of rotatable bonds is 16. The molecule has 6 rings (SSSR count). The van der Waals surface area contributed by atoms with Gasteiger partial charge in [-0.15, -0.1) is 10.2 Å². The third-order valence-corrected chi connectivity index (χ3v) is 9.21. The highest BCUT2D eigenvalue weighted by atomic mass is 35.5. The summed E-state index contributed by atoms with van der Waals surface area (Å²) >= 11 is 6.51. The molecule has 0 unspecified atom stereocenters. The van der Waals surface area contributed by atoms with Crippen LogP contribution in [0.2, 0.25) is 5.02 Å². The lowest BCUT2D eigenvalue weighted by molar-refractivity contribution is -0.0852. The van der Waals surface area contributed by atoms with Crippen molar-refractivity contribution in [3.05, 3.63) is 48.0 Å². The molecule has 0 amide bonds. The number of nitrogens with one attached hydrogen (secondary N) is 1. The Balaban J connectivity index is 1.14. The monoisotopic (exact) mass is 710 g/mol. The van der Waals surface area contributed by atoms with Crippen LogP contribution in [-0.4, -0.2) is 116 Å². The minimum atomic E-state index is -0.226. The maximum absolute atomic E-state index is 6.51. The topological polar surface area (TPSA) is 149 Å². The molecule has 4 aromatic rings. The van der Waals surface area contributed by atoms with E-state index in [-0.39, 0.29) is 24.4 Å². The summed E-state index contributed by atoms with van der Waals surface area (Å²) in [6, 6.07) is 8.24. The molecule has 0 radical (unpaired) electrons. The van der Waals surface area contributed by atoms with Crippen LogP contribution in [0.4, 0.5) is 11.6 Å². The summed E-state index contributed by atoms with van der Waals surface area (Å²) in [6.07, 6.45) is 9.86. The van der Waals surface area contributed by atoms with Gasteiger partial charge in [0.1, 0.15) is 30.5 Å². The van der Waals surface area contributed by atoms with Crippen molar-refractivity contribution in [2.75, 3.05) is 51.9 Å². The normalized spacial score (nSPS) is 21.9. The van der Waals surface area contributed by atoms with Gasteiger partial charge in [-0.2, -0.15) is 0 Å². The second-order valence-electron chi connectivity index (χ2n) is 13.0. The molecule has 4 heterocycles. The van der Waals surface area contributed by atoms with Crippen LogP contribution in [0.1, 0.15) is 52.5 Å². The quantitative estimate of drug-likeness (QED) is 0.159. The lowest BCUT2D eigenvalue weighted by Crippen LogP contribution is -2.51. The average molecular weight is 711 g/mol. The Morgan fingerprint density at radius 1 is 1.02 bits per heavy atom. The van der Waals surface area contributed by atoms with Crippen LogP contribution in [0.3, 0.4) is 0 Å². The smallest absolute Gasteiger partial charge is 0.257 e. The van der Waals surface area contributed by atoms with Crippen LogP contribution in [0.15, 0.2) is 43.0 Å². The standard InChI is InChI=1S/C34H47ClN10O5/c1-23-18-43(19-24(2)49-23)27-6-8-28(9-7-27)45-21-31(33(40-45)48-16-15-47-14-13-46-4)39-34-36-12-11-30(38-34)26-5-10-29(35)32(17-26)50-25(3)20-44-22-37-41-42-44/h5,10-12,17,21-25,27-28H,6-9,13-16,18-20H2,1-4H3,(H,36,38,39)/t23-,24+,25-,27?,28?/m0/s1. The second kappa shape index (κ2) is 17.4. The molecule has 1 saturated carbocycles. The Morgan fingerprint density at radius 2 is 1.80 bits per heavy atom. The highest BCUT2D eigenvalue weighted by Crippen LogP contribution is 2.36. The molecule has 0 spiro atoms. The molecule has 1 aliphatic carbocycles. The molecular weight excluding hydrogens is 664 g/mol. The van der Waals surface area contributed by atoms with E-state index in [2.05, 4.69) is 44.6 Å². The molecule has 1 saturated heterocycles. The number of morpholine rings is 1. The van der Waals surface area contributed by atoms with Gasteiger partial charge in [0.2, 0.25) is 5.95 Å². The van der Waals surface area contributed by atoms with Crippen molar-refractivity contribution in [3.8, 4) is 22.9 Å². The Kier molecular flexibility index (Phi) is 12.5. The van der Waals surface area contributed by atoms with Crippen molar-refractivity contribution < 1.29 is 23.7 Å². The maximum Gasteiger partial charge on any atom is 0.257 e. The first-order chi connectivity index (χ1) is 24.3. The summed E-state index contributed by atoms with van der Waals surface area (Å²) in [5.74, 6) is 1.42. The predicted molar refractivity (Wildman–Crippen MR) is 187 cm³/mol. The second-order valence-corrected chi connectivity index (χ2v) is 13.4. The number of nitrogens with zero attached hydrogens (tertiary/aromatic N) is 9. The zero-order chi connectivity index (χ0) is 34.9. The van der Waals surface area contributed by atoms with E-state index in [1.165, 1.54) is 0 Å². The summed E-state index contributed by atoms with van der Waals surface area (Å²) in [4.78, 5) is 11.9. The van der Waals surface area contributed by atoms with E-state index in [9.17, 15) is 0 Å². The number of tetrazole rings is 1. The summed E-state index contributed by atoms with van der Waals surface area (Å²) in [7, 11) is 1.65. The molecular formula is C34H47ClN10O5. The van der Waals surface area contributed by atoms with Gasteiger partial charge in [-0.25, -0.2) is 14.6 Å². The summed E-state index contributed by atoms with van der Waals surface area (Å²) in [5.41, 5.74) is 2.21. The lowest BCUT2D eigenvalue weighted by Gasteiger charge is -2.42. The molecule has 15 nitrogen and oxygen atoms in total. The van der Waals surface area contributed by atoms with Gasteiger partial charge in [0.15, 0.2) is 0 Å². The highest BCUT2D eigenvalue weighted by Gasteiger charge is 2.32. The third-order valence-electron chi connectivity index (χ3n) is 8.89. The fourth-order valence-corrected chi connectivity index (χ4v) is 6.80. The van der Waals surface area contributed by atoms with Gasteiger partial charge >= 0.3 is 0 Å². The molecule has 1 N–H and O–H groups in total. The van der Waals surface area contributed by atoms with Gasteiger partial charge in [-0.05, 0) is 75.1 Å². The Labute approximate surface area is 297 Å². The van der Waals surface area contributed by atoms with E-state index in [0.717, 1.165) is 44.3 Å². The van der Waals surface area contributed by atoms with Crippen LogP contribution in [0, 0.1) is 0 Å². The third kappa shape index (κ3) is 9.66. The Morgan fingerprint density at radius 3 is 2.56 bits per heavy atom. The fourth-order valence-electron chi connectivity index (χ4n) is 6.63. The molecule has 3 aromatic heterocycles. The predicted octanol–water partition coefficient (Wildman–Crippen LogP) is 4.83. The van der Waals surface area contributed by atoms with E-state index in [4.69, 9.17) is 45.4 Å². The van der Waals surface area contributed by atoms with E-state index < -0.39 is 0 Å². The van der Waals surface area contributed by atoms with Crippen molar-refractivity contribution in [3.63, 3.8) is 0 Å². The van der Waals surface area contributed by atoms with Gasteiger partial charge in [-0.3, -0.25) is 9.58 Å². The molecule has 0 bridgehead atoms. The number of hydrogen-bond acceptors (Lipinski definition) is 13. The number of halogens is 1. The van der Waals surface area contributed by atoms with Gasteiger partial charge < -0.3 is 29.0 Å². The minimum Gasteiger partial charge on any atom is -0.487 e. The number of benzene rings is 1. The van der Waals surface area contributed by atoms with E-state index in [1.807, 2.05) is 36.0 Å². The lowest BCUT2D eigenvalue weighted by atomic mass is 9.89. The number of hydrogen-bond donors (Lipinski definition) is 1.